The van der Waals surface area contributed by atoms with E-state index in [9.17, 15) is 9.90 Å². The number of thioether (sulfide) groups is 1. The molecule has 4 aromatic rings. The minimum Gasteiger partial charge on any atom is -0.508 e. The molecule has 1 heterocycles. The van der Waals surface area contributed by atoms with Gasteiger partial charge < -0.3 is 5.11 Å². The Balaban J connectivity index is 1.44. The van der Waals surface area contributed by atoms with Gasteiger partial charge in [0.05, 0.1) is 12.0 Å². The Bertz CT molecular complexity index is 1210. The van der Waals surface area contributed by atoms with Crippen molar-refractivity contribution in [3.05, 3.63) is 89.5 Å². The molecule has 1 amide bonds. The van der Waals surface area contributed by atoms with Gasteiger partial charge in [-0.2, -0.15) is 5.10 Å². The second kappa shape index (κ2) is 9.49. The summed E-state index contributed by atoms with van der Waals surface area (Å²) < 4.78 is 2.19. The van der Waals surface area contributed by atoms with Crippen LogP contribution in [0.3, 0.4) is 0 Å². The summed E-state index contributed by atoms with van der Waals surface area (Å²) >= 11 is 1.44. The van der Waals surface area contributed by atoms with E-state index in [1.54, 1.807) is 30.5 Å². The number of hydrazone groups is 1. The highest BCUT2D eigenvalue weighted by Crippen LogP contribution is 2.18. The van der Waals surface area contributed by atoms with E-state index in [4.69, 9.17) is 0 Å². The molecule has 4 rings (SSSR count). The van der Waals surface area contributed by atoms with E-state index in [1.165, 1.54) is 22.9 Å². The van der Waals surface area contributed by atoms with Gasteiger partial charge in [0.15, 0.2) is 11.0 Å². The summed E-state index contributed by atoms with van der Waals surface area (Å²) in [4.78, 5) is 15.7. The fraction of sp³-hybridized carbons (Fsp3) is 0.125. The molecule has 0 fully saturated rings. The third-order valence-electron chi connectivity index (χ3n) is 4.78. The number of para-hydroxylation sites is 2. The average molecular weight is 432 g/mol. The molecular weight excluding hydrogens is 408 g/mol. The zero-order valence-electron chi connectivity index (χ0n) is 17.1. The molecule has 1 aromatic heterocycles. The largest absolute Gasteiger partial charge is 0.508 e. The van der Waals surface area contributed by atoms with E-state index >= 15 is 0 Å². The van der Waals surface area contributed by atoms with Crippen LogP contribution in [0.4, 0.5) is 0 Å². The summed E-state index contributed by atoms with van der Waals surface area (Å²) in [6.07, 6.45) is 1.54. The van der Waals surface area contributed by atoms with Crippen molar-refractivity contribution < 1.29 is 14.5 Å². The average Bonchev–Trinajstić information content (AvgIpc) is 3.12. The van der Waals surface area contributed by atoms with Crippen LogP contribution in [0.25, 0.3) is 11.0 Å². The molecule has 3 N–H and O–H groups in total. The lowest BCUT2D eigenvalue weighted by Crippen LogP contribution is -2.36. The molecule has 0 unspecified atom stereocenters. The monoisotopic (exact) mass is 431 g/mol. The number of carbonyl (C=O) groups excluding carboxylic acids is 1. The number of hydrogen-bond acceptors (Lipinski definition) is 4. The molecule has 0 bridgehead atoms. The van der Waals surface area contributed by atoms with Gasteiger partial charge in [0.1, 0.15) is 12.3 Å². The molecule has 0 saturated heterocycles. The minimum absolute atomic E-state index is 0.190. The molecule has 156 valence electrons. The molecule has 0 aliphatic rings. The molecule has 0 radical (unpaired) electrons. The first-order chi connectivity index (χ1) is 15.1. The van der Waals surface area contributed by atoms with Crippen LogP contribution in [0.2, 0.25) is 0 Å². The Kier molecular flexibility index (Phi) is 6.33. The summed E-state index contributed by atoms with van der Waals surface area (Å²) in [5.41, 5.74) is 7.89. The van der Waals surface area contributed by atoms with E-state index in [0.717, 1.165) is 21.8 Å². The number of hydrogen-bond donors (Lipinski definition) is 3. The Morgan fingerprint density at radius 1 is 1.10 bits per heavy atom. The van der Waals surface area contributed by atoms with Crippen LogP contribution in [0.15, 0.2) is 83.1 Å². The number of amides is 1. The summed E-state index contributed by atoms with van der Waals surface area (Å²) in [7, 11) is 0. The predicted octanol–water partition coefficient (Wildman–Crippen LogP) is 3.76. The topological polar surface area (TPSA) is 81.4 Å². The number of aromatic amines is 1. The van der Waals surface area contributed by atoms with Gasteiger partial charge in [0.2, 0.25) is 0 Å². The van der Waals surface area contributed by atoms with E-state index in [1.807, 2.05) is 18.2 Å². The van der Waals surface area contributed by atoms with Crippen LogP contribution < -0.4 is 9.99 Å². The summed E-state index contributed by atoms with van der Waals surface area (Å²) in [6.45, 7) is 2.79. The highest BCUT2D eigenvalue weighted by atomic mass is 32.2. The van der Waals surface area contributed by atoms with Crippen molar-refractivity contribution in [3.8, 4) is 5.75 Å². The van der Waals surface area contributed by atoms with Crippen LogP contribution in [0, 0.1) is 6.92 Å². The highest BCUT2D eigenvalue weighted by molar-refractivity contribution is 7.99. The standard InChI is InChI=1S/C24H22N4O2S/c1-17-6-8-19(9-7-17)15-28-22-5-3-2-4-21(22)26-24(28)31-16-23(30)27-25-14-18-10-12-20(29)13-11-18/h2-14H,15-16H2,1H3,(H2,25,27,29,30)/p+1. The van der Waals surface area contributed by atoms with Crippen LogP contribution in [-0.2, 0) is 11.3 Å². The van der Waals surface area contributed by atoms with E-state index in [-0.39, 0.29) is 17.4 Å². The fourth-order valence-electron chi connectivity index (χ4n) is 3.16. The van der Waals surface area contributed by atoms with Gasteiger partial charge >= 0.3 is 5.16 Å². The van der Waals surface area contributed by atoms with Crippen molar-refractivity contribution in [2.24, 2.45) is 5.10 Å². The van der Waals surface area contributed by atoms with Gasteiger partial charge in [-0.05, 0) is 66.2 Å². The Morgan fingerprint density at radius 3 is 2.61 bits per heavy atom. The third-order valence-corrected chi connectivity index (χ3v) is 5.78. The number of carbonyl (C=O) groups is 1. The number of aromatic hydroxyl groups is 1. The van der Waals surface area contributed by atoms with E-state index < -0.39 is 0 Å². The molecule has 0 saturated carbocycles. The number of phenols is 1. The molecular formula is C24H23N4O2S+. The van der Waals surface area contributed by atoms with Gasteiger partial charge in [-0.25, -0.2) is 15.0 Å². The number of imidazole rings is 1. The maximum atomic E-state index is 12.3. The molecule has 0 aliphatic heterocycles. The Labute approximate surface area is 184 Å². The molecule has 6 nitrogen and oxygen atoms in total. The fourth-order valence-corrected chi connectivity index (χ4v) is 3.99. The number of aromatic nitrogens is 2. The van der Waals surface area contributed by atoms with E-state index in [2.05, 4.69) is 57.3 Å². The van der Waals surface area contributed by atoms with Crippen LogP contribution in [0.5, 0.6) is 5.75 Å². The summed E-state index contributed by atoms with van der Waals surface area (Å²) in [6, 6.07) is 23.2. The number of H-pyrrole nitrogens is 1. The molecule has 3 aromatic carbocycles. The van der Waals surface area contributed by atoms with Gasteiger partial charge in [0, 0.05) is 0 Å². The number of phenolic OH excluding ortho intramolecular Hbond substituents is 1. The number of fused-ring (bicyclic) bond motifs is 1. The Morgan fingerprint density at radius 2 is 1.84 bits per heavy atom. The Hall–Kier alpha value is -3.58. The SMILES string of the molecule is Cc1ccc(C[n+]2c(SCC(=O)N/N=C/c3ccc(O)cc3)[nH]c3ccccc32)cc1. The highest BCUT2D eigenvalue weighted by Gasteiger charge is 2.20. The summed E-state index contributed by atoms with van der Waals surface area (Å²) in [5.74, 6) is 0.226. The van der Waals surface area contributed by atoms with Crippen LogP contribution in [0.1, 0.15) is 16.7 Å². The lowest BCUT2D eigenvalue weighted by Gasteiger charge is -2.03. The zero-order chi connectivity index (χ0) is 21.6. The van der Waals surface area contributed by atoms with Crippen molar-refractivity contribution in [2.75, 3.05) is 5.75 Å². The normalized spacial score (nSPS) is 11.3. The molecule has 31 heavy (non-hydrogen) atoms. The maximum absolute atomic E-state index is 12.3. The third kappa shape index (κ3) is 5.32. The summed E-state index contributed by atoms with van der Waals surface area (Å²) in [5, 5.41) is 14.2. The second-order valence-electron chi connectivity index (χ2n) is 7.19. The number of nitrogens with one attached hydrogen (secondary N) is 2. The van der Waals surface area contributed by atoms with Gasteiger partial charge in [-0.3, -0.25) is 4.79 Å². The smallest absolute Gasteiger partial charge is 0.317 e. The van der Waals surface area contributed by atoms with E-state index in [0.29, 0.717) is 6.54 Å². The maximum Gasteiger partial charge on any atom is 0.317 e. The van der Waals surface area contributed by atoms with Crippen molar-refractivity contribution >= 4 is 34.9 Å². The van der Waals surface area contributed by atoms with Crippen molar-refractivity contribution in [1.82, 2.24) is 10.4 Å². The molecule has 0 spiro atoms. The first kappa shape index (κ1) is 20.7. The number of nitrogens with zero attached hydrogens (tertiary/aromatic N) is 2. The van der Waals surface area contributed by atoms with Gasteiger partial charge in [-0.1, -0.05) is 42.0 Å². The molecule has 0 aliphatic carbocycles. The lowest BCUT2D eigenvalue weighted by atomic mass is 10.1. The zero-order valence-corrected chi connectivity index (χ0v) is 17.9. The predicted molar refractivity (Wildman–Crippen MR) is 123 cm³/mol. The number of benzene rings is 3. The minimum atomic E-state index is -0.194. The van der Waals surface area contributed by atoms with Crippen molar-refractivity contribution in [2.45, 2.75) is 18.6 Å². The van der Waals surface area contributed by atoms with Crippen molar-refractivity contribution in [1.29, 1.82) is 0 Å². The second-order valence-corrected chi connectivity index (χ2v) is 8.16. The molecule has 0 atom stereocenters. The number of aryl methyl sites for hydroxylation is 1. The quantitative estimate of drug-likeness (QED) is 0.180. The first-order valence-electron chi connectivity index (χ1n) is 9.88. The van der Waals surface area contributed by atoms with Gasteiger partial charge in [-0.15, -0.1) is 0 Å². The first-order valence-corrected chi connectivity index (χ1v) is 10.9. The molecule has 7 heteroatoms. The lowest BCUT2D eigenvalue weighted by molar-refractivity contribution is -0.700. The van der Waals surface area contributed by atoms with Gasteiger partial charge in [0.25, 0.3) is 5.91 Å². The van der Waals surface area contributed by atoms with Crippen LogP contribution in [-0.4, -0.2) is 28.0 Å². The number of rotatable bonds is 7. The van der Waals surface area contributed by atoms with Crippen LogP contribution >= 0.6 is 11.8 Å². The van der Waals surface area contributed by atoms with Crippen molar-refractivity contribution in [3.63, 3.8) is 0 Å².